The number of nitrogens with zero attached hydrogens (tertiary/aromatic N) is 2. The normalized spacial score (nSPS) is 20.1. The molecule has 1 aromatic heterocycles. The second kappa shape index (κ2) is 5.16. The fourth-order valence-corrected chi connectivity index (χ4v) is 1.91. The number of halogens is 3. The fourth-order valence-electron chi connectivity index (χ4n) is 1.91. The molecule has 1 amide bonds. The Kier molecular flexibility index (Phi) is 3.75. The number of hydrogen-bond donors (Lipinski definition) is 1. The van der Waals surface area contributed by atoms with Crippen molar-refractivity contribution >= 4 is 5.91 Å². The number of alkyl halides is 3. The molecule has 0 radical (unpaired) electrons. The number of amides is 1. The van der Waals surface area contributed by atoms with Crippen molar-refractivity contribution in [1.82, 2.24) is 15.4 Å². The molecule has 0 aromatic carbocycles. The van der Waals surface area contributed by atoms with Crippen molar-refractivity contribution in [2.45, 2.75) is 26.1 Å². The van der Waals surface area contributed by atoms with Crippen molar-refractivity contribution in [3.05, 3.63) is 29.6 Å². The summed E-state index contributed by atoms with van der Waals surface area (Å²) in [5.41, 5.74) is 2.56. The second-order valence-corrected chi connectivity index (χ2v) is 4.68. The monoisotopic (exact) mass is 273 g/mol. The standard InChI is InChI=1S/C12H14F3N3O/c1-8-4-11(19)18(7-8)17-6-10-3-2-9(5-16-10)12(13,14)15/h2-3,5,8,17H,4,6-7H2,1H3. The Labute approximate surface area is 108 Å². The third-order valence-corrected chi connectivity index (χ3v) is 2.92. The molecule has 0 bridgehead atoms. The van der Waals surface area contributed by atoms with E-state index in [2.05, 4.69) is 10.4 Å². The van der Waals surface area contributed by atoms with Gasteiger partial charge in [-0.25, -0.2) is 5.43 Å². The summed E-state index contributed by atoms with van der Waals surface area (Å²) in [6, 6.07) is 2.29. The third-order valence-electron chi connectivity index (χ3n) is 2.92. The zero-order valence-corrected chi connectivity index (χ0v) is 10.4. The molecule has 2 heterocycles. The Morgan fingerprint density at radius 2 is 2.21 bits per heavy atom. The minimum absolute atomic E-state index is 0.000545. The smallest absolute Gasteiger partial charge is 0.277 e. The van der Waals surface area contributed by atoms with Gasteiger partial charge in [0.1, 0.15) is 0 Å². The molecule has 19 heavy (non-hydrogen) atoms. The SMILES string of the molecule is CC1CC(=O)N(NCc2ccc(C(F)(F)F)cn2)C1. The lowest BCUT2D eigenvalue weighted by molar-refractivity contribution is -0.137. The summed E-state index contributed by atoms with van der Waals surface area (Å²) in [4.78, 5) is 15.2. The van der Waals surface area contributed by atoms with Crippen LogP contribution in [0.15, 0.2) is 18.3 Å². The van der Waals surface area contributed by atoms with E-state index in [1.807, 2.05) is 6.92 Å². The topological polar surface area (TPSA) is 45.2 Å². The molecular formula is C12H14F3N3O. The first-order valence-electron chi connectivity index (χ1n) is 5.92. The van der Waals surface area contributed by atoms with E-state index >= 15 is 0 Å². The van der Waals surface area contributed by atoms with Gasteiger partial charge in [-0.2, -0.15) is 13.2 Å². The highest BCUT2D eigenvalue weighted by atomic mass is 19.4. The van der Waals surface area contributed by atoms with Gasteiger partial charge in [0, 0.05) is 19.2 Å². The number of hydrazine groups is 1. The summed E-state index contributed by atoms with van der Waals surface area (Å²) in [6.07, 6.45) is -3.09. The molecule has 7 heteroatoms. The Balaban J connectivity index is 1.92. The van der Waals surface area contributed by atoms with Gasteiger partial charge >= 0.3 is 6.18 Å². The van der Waals surface area contributed by atoms with Crippen LogP contribution in [0.25, 0.3) is 0 Å². The van der Waals surface area contributed by atoms with Crippen LogP contribution >= 0.6 is 0 Å². The average molecular weight is 273 g/mol. The van der Waals surface area contributed by atoms with E-state index in [4.69, 9.17) is 0 Å². The van der Waals surface area contributed by atoms with Crippen LogP contribution in [0.3, 0.4) is 0 Å². The summed E-state index contributed by atoms with van der Waals surface area (Å²) in [5.74, 6) is 0.292. The zero-order valence-electron chi connectivity index (χ0n) is 10.4. The Hall–Kier alpha value is -1.63. The highest BCUT2D eigenvalue weighted by Gasteiger charge is 2.30. The van der Waals surface area contributed by atoms with Crippen LogP contribution in [0.1, 0.15) is 24.6 Å². The van der Waals surface area contributed by atoms with E-state index in [1.165, 1.54) is 11.1 Å². The van der Waals surface area contributed by atoms with Gasteiger partial charge in [0.2, 0.25) is 5.91 Å². The first-order chi connectivity index (χ1) is 8.86. The summed E-state index contributed by atoms with van der Waals surface area (Å²) in [7, 11) is 0. The van der Waals surface area contributed by atoms with Gasteiger partial charge in [0.25, 0.3) is 0 Å². The fraction of sp³-hybridized carbons (Fsp3) is 0.500. The van der Waals surface area contributed by atoms with Gasteiger partial charge in [-0.1, -0.05) is 6.92 Å². The lowest BCUT2D eigenvalue weighted by Crippen LogP contribution is -2.38. The molecule has 0 aliphatic carbocycles. The van der Waals surface area contributed by atoms with Crippen LogP contribution < -0.4 is 5.43 Å². The van der Waals surface area contributed by atoms with Gasteiger partial charge < -0.3 is 0 Å². The molecule has 1 N–H and O–H groups in total. The number of carbonyl (C=O) groups is 1. The molecule has 1 fully saturated rings. The number of hydrogen-bond acceptors (Lipinski definition) is 3. The summed E-state index contributed by atoms with van der Waals surface area (Å²) in [5, 5.41) is 1.49. The number of nitrogens with one attached hydrogen (secondary N) is 1. The van der Waals surface area contributed by atoms with Crippen molar-refractivity contribution in [1.29, 1.82) is 0 Å². The average Bonchev–Trinajstić information content (AvgIpc) is 2.65. The Morgan fingerprint density at radius 1 is 1.47 bits per heavy atom. The predicted octanol–water partition coefficient (Wildman–Crippen LogP) is 1.97. The van der Waals surface area contributed by atoms with Crippen LogP contribution in [0.2, 0.25) is 0 Å². The molecule has 1 aliphatic heterocycles. The van der Waals surface area contributed by atoms with Crippen molar-refractivity contribution in [2.24, 2.45) is 5.92 Å². The second-order valence-electron chi connectivity index (χ2n) is 4.68. The molecule has 1 atom stereocenters. The first kappa shape index (κ1) is 13.8. The van der Waals surface area contributed by atoms with Gasteiger partial charge in [0.05, 0.1) is 17.8 Å². The minimum Gasteiger partial charge on any atom is -0.277 e. The van der Waals surface area contributed by atoms with E-state index in [9.17, 15) is 18.0 Å². The maximum Gasteiger partial charge on any atom is 0.417 e. The van der Waals surface area contributed by atoms with Gasteiger partial charge in [-0.15, -0.1) is 0 Å². The maximum absolute atomic E-state index is 12.3. The molecule has 1 aliphatic rings. The predicted molar refractivity (Wildman–Crippen MR) is 61.6 cm³/mol. The molecule has 2 rings (SSSR count). The van der Waals surface area contributed by atoms with Crippen molar-refractivity contribution in [3.63, 3.8) is 0 Å². The summed E-state index contributed by atoms with van der Waals surface area (Å²) in [6.45, 7) is 2.81. The number of aromatic nitrogens is 1. The van der Waals surface area contributed by atoms with Gasteiger partial charge in [-0.3, -0.25) is 14.8 Å². The molecule has 0 spiro atoms. The molecular weight excluding hydrogens is 259 g/mol. The van der Waals surface area contributed by atoms with Crippen molar-refractivity contribution < 1.29 is 18.0 Å². The Bertz CT molecular complexity index is 458. The van der Waals surface area contributed by atoms with Crippen LogP contribution in [-0.2, 0) is 17.5 Å². The zero-order chi connectivity index (χ0) is 14.0. The maximum atomic E-state index is 12.3. The molecule has 1 aromatic rings. The quantitative estimate of drug-likeness (QED) is 0.915. The molecule has 1 saturated heterocycles. The highest BCUT2D eigenvalue weighted by molar-refractivity contribution is 5.77. The number of carbonyl (C=O) groups excluding carboxylic acids is 1. The Morgan fingerprint density at radius 3 is 2.68 bits per heavy atom. The van der Waals surface area contributed by atoms with E-state index in [0.717, 1.165) is 12.3 Å². The lowest BCUT2D eigenvalue weighted by atomic mass is 10.2. The minimum atomic E-state index is -4.38. The van der Waals surface area contributed by atoms with E-state index in [0.29, 0.717) is 24.6 Å². The molecule has 1 unspecified atom stereocenters. The van der Waals surface area contributed by atoms with Crippen molar-refractivity contribution in [2.75, 3.05) is 6.54 Å². The van der Waals surface area contributed by atoms with Crippen LogP contribution in [0, 0.1) is 5.92 Å². The van der Waals surface area contributed by atoms with Gasteiger partial charge in [0.15, 0.2) is 0 Å². The number of rotatable bonds is 3. The molecule has 0 saturated carbocycles. The highest BCUT2D eigenvalue weighted by Crippen LogP contribution is 2.28. The molecule has 4 nitrogen and oxygen atoms in total. The number of pyridine rings is 1. The van der Waals surface area contributed by atoms with Crippen LogP contribution in [0.5, 0.6) is 0 Å². The van der Waals surface area contributed by atoms with Gasteiger partial charge in [-0.05, 0) is 18.1 Å². The van der Waals surface area contributed by atoms with Crippen LogP contribution in [-0.4, -0.2) is 22.4 Å². The lowest BCUT2D eigenvalue weighted by Gasteiger charge is -2.17. The summed E-state index contributed by atoms with van der Waals surface area (Å²) >= 11 is 0. The van der Waals surface area contributed by atoms with E-state index in [1.54, 1.807) is 0 Å². The summed E-state index contributed by atoms with van der Waals surface area (Å²) < 4.78 is 37.0. The largest absolute Gasteiger partial charge is 0.417 e. The third kappa shape index (κ3) is 3.44. The van der Waals surface area contributed by atoms with Crippen LogP contribution in [0.4, 0.5) is 13.2 Å². The van der Waals surface area contributed by atoms with E-state index < -0.39 is 11.7 Å². The first-order valence-corrected chi connectivity index (χ1v) is 5.92. The van der Waals surface area contributed by atoms with E-state index in [-0.39, 0.29) is 12.5 Å². The van der Waals surface area contributed by atoms with Crippen molar-refractivity contribution in [3.8, 4) is 0 Å². The molecule has 104 valence electrons.